The molecule has 174 valence electrons. The highest BCUT2D eigenvalue weighted by molar-refractivity contribution is 6.30. The predicted octanol–water partition coefficient (Wildman–Crippen LogP) is 5.09. The average molecular weight is 473 g/mol. The van der Waals surface area contributed by atoms with Gasteiger partial charge in [-0.2, -0.15) is 0 Å². The van der Waals surface area contributed by atoms with E-state index in [2.05, 4.69) is 66.1 Å². The summed E-state index contributed by atoms with van der Waals surface area (Å²) in [5.41, 5.74) is 5.47. The Hall–Kier alpha value is -3.31. The van der Waals surface area contributed by atoms with Crippen LogP contribution in [0.2, 0.25) is 5.02 Å². The number of anilines is 2. The summed E-state index contributed by atoms with van der Waals surface area (Å²) in [6.07, 6.45) is 0.606. The van der Waals surface area contributed by atoms with Crippen molar-refractivity contribution in [2.75, 3.05) is 36.0 Å². The number of rotatable bonds is 4. The molecule has 0 saturated carbocycles. The van der Waals surface area contributed by atoms with Crippen LogP contribution >= 0.6 is 11.6 Å². The van der Waals surface area contributed by atoms with E-state index in [0.717, 1.165) is 59.5 Å². The molecular formula is C28H29ClN4O. The SMILES string of the molecule is Cc1cc(C)cc(N2C(=O)C(Cc3ccccc3)N=C2N2CCN(c3ccc(Cl)cc3)CC2)c1. The first-order valence-electron chi connectivity index (χ1n) is 11.8. The molecule has 2 aliphatic heterocycles. The summed E-state index contributed by atoms with van der Waals surface area (Å²) in [5.74, 6) is 0.815. The van der Waals surface area contributed by atoms with Crippen molar-refractivity contribution in [2.45, 2.75) is 26.3 Å². The molecule has 2 aliphatic rings. The Morgan fingerprint density at radius 3 is 2.09 bits per heavy atom. The molecule has 2 heterocycles. The highest BCUT2D eigenvalue weighted by Crippen LogP contribution is 2.28. The highest BCUT2D eigenvalue weighted by Gasteiger charge is 2.39. The van der Waals surface area contributed by atoms with Crippen LogP contribution in [0, 0.1) is 13.8 Å². The number of benzene rings is 3. The van der Waals surface area contributed by atoms with E-state index in [1.54, 1.807) is 0 Å². The molecule has 5 nitrogen and oxygen atoms in total. The number of guanidine groups is 1. The maximum Gasteiger partial charge on any atom is 0.259 e. The summed E-state index contributed by atoms with van der Waals surface area (Å²) < 4.78 is 0. The standard InChI is InChI=1S/C28H29ClN4O/c1-20-16-21(2)18-25(17-20)33-27(34)26(19-22-6-4-3-5-7-22)30-28(33)32-14-12-31(13-15-32)24-10-8-23(29)9-11-24/h3-11,16-18,26H,12-15,19H2,1-2H3. The van der Waals surface area contributed by atoms with Gasteiger partial charge in [-0.25, -0.2) is 9.89 Å². The number of piperazine rings is 1. The van der Waals surface area contributed by atoms with E-state index < -0.39 is 6.04 Å². The number of halogens is 1. The molecule has 6 heteroatoms. The average Bonchev–Trinajstić information content (AvgIpc) is 3.15. The molecule has 0 spiro atoms. The van der Waals surface area contributed by atoms with Crippen molar-refractivity contribution in [3.05, 3.63) is 94.5 Å². The van der Waals surface area contributed by atoms with Gasteiger partial charge in [-0.15, -0.1) is 0 Å². The summed E-state index contributed by atoms with van der Waals surface area (Å²) in [7, 11) is 0. The lowest BCUT2D eigenvalue weighted by molar-refractivity contribution is -0.118. The third kappa shape index (κ3) is 4.66. The van der Waals surface area contributed by atoms with Crippen LogP contribution in [-0.4, -0.2) is 49.0 Å². The van der Waals surface area contributed by atoms with Gasteiger partial charge in [0.2, 0.25) is 5.96 Å². The van der Waals surface area contributed by atoms with Crippen LogP contribution in [0.4, 0.5) is 11.4 Å². The van der Waals surface area contributed by atoms with E-state index in [1.807, 2.05) is 35.2 Å². The van der Waals surface area contributed by atoms with Crippen molar-refractivity contribution in [2.24, 2.45) is 4.99 Å². The van der Waals surface area contributed by atoms with Crippen LogP contribution in [0.25, 0.3) is 0 Å². The molecule has 0 aliphatic carbocycles. The van der Waals surface area contributed by atoms with Crippen LogP contribution in [0.15, 0.2) is 77.8 Å². The van der Waals surface area contributed by atoms with Gasteiger partial charge in [0.15, 0.2) is 0 Å². The topological polar surface area (TPSA) is 39.2 Å². The molecule has 0 radical (unpaired) electrons. The fraction of sp³-hybridized carbons (Fsp3) is 0.286. The second-order valence-corrected chi connectivity index (χ2v) is 9.54. The monoisotopic (exact) mass is 472 g/mol. The van der Waals surface area contributed by atoms with Gasteiger partial charge in [-0.1, -0.05) is 48.0 Å². The lowest BCUT2D eigenvalue weighted by Crippen LogP contribution is -2.53. The fourth-order valence-electron chi connectivity index (χ4n) is 4.83. The van der Waals surface area contributed by atoms with Gasteiger partial charge in [0, 0.05) is 43.3 Å². The van der Waals surface area contributed by atoms with Crippen molar-refractivity contribution in [3.63, 3.8) is 0 Å². The Morgan fingerprint density at radius 1 is 0.824 bits per heavy atom. The molecule has 5 rings (SSSR count). The summed E-state index contributed by atoms with van der Waals surface area (Å²) in [6.45, 7) is 7.46. The first kappa shape index (κ1) is 22.5. The Kier molecular flexibility index (Phi) is 6.29. The second kappa shape index (κ2) is 9.51. The molecule has 1 unspecified atom stereocenters. The molecule has 3 aromatic rings. The summed E-state index contributed by atoms with van der Waals surface area (Å²) in [5, 5.41) is 0.745. The van der Waals surface area contributed by atoms with Crippen LogP contribution < -0.4 is 9.80 Å². The maximum absolute atomic E-state index is 13.7. The zero-order valence-electron chi connectivity index (χ0n) is 19.6. The summed E-state index contributed by atoms with van der Waals surface area (Å²) in [4.78, 5) is 25.1. The Bertz CT molecular complexity index is 1180. The van der Waals surface area contributed by atoms with Gasteiger partial charge in [0.05, 0.1) is 5.69 Å². The van der Waals surface area contributed by atoms with E-state index in [0.29, 0.717) is 6.42 Å². The highest BCUT2D eigenvalue weighted by atomic mass is 35.5. The zero-order chi connectivity index (χ0) is 23.7. The largest absolute Gasteiger partial charge is 0.368 e. The fourth-order valence-corrected chi connectivity index (χ4v) is 4.96. The predicted molar refractivity (Wildman–Crippen MR) is 140 cm³/mol. The quantitative estimate of drug-likeness (QED) is 0.530. The Morgan fingerprint density at radius 2 is 1.44 bits per heavy atom. The summed E-state index contributed by atoms with van der Waals surface area (Å²) >= 11 is 6.06. The number of hydrogen-bond donors (Lipinski definition) is 0. The Labute approximate surface area is 206 Å². The van der Waals surface area contributed by atoms with Gasteiger partial charge in [0.1, 0.15) is 6.04 Å². The lowest BCUT2D eigenvalue weighted by Gasteiger charge is -2.38. The minimum absolute atomic E-state index is 0.0454. The third-order valence-corrected chi connectivity index (χ3v) is 6.72. The molecular weight excluding hydrogens is 444 g/mol. The number of aliphatic imine (C=N–C) groups is 1. The zero-order valence-corrected chi connectivity index (χ0v) is 20.4. The molecule has 0 N–H and O–H groups in total. The number of hydrogen-bond acceptors (Lipinski definition) is 4. The molecule has 1 amide bonds. The van der Waals surface area contributed by atoms with Crippen molar-refractivity contribution in [1.29, 1.82) is 0 Å². The van der Waals surface area contributed by atoms with Crippen molar-refractivity contribution in [1.82, 2.24) is 4.90 Å². The van der Waals surface area contributed by atoms with Crippen LogP contribution in [0.5, 0.6) is 0 Å². The maximum atomic E-state index is 13.7. The van der Waals surface area contributed by atoms with E-state index in [-0.39, 0.29) is 5.91 Å². The third-order valence-electron chi connectivity index (χ3n) is 6.47. The number of nitrogens with zero attached hydrogens (tertiary/aromatic N) is 4. The lowest BCUT2D eigenvalue weighted by atomic mass is 10.1. The van der Waals surface area contributed by atoms with Crippen LogP contribution in [0.3, 0.4) is 0 Å². The van der Waals surface area contributed by atoms with Gasteiger partial charge < -0.3 is 9.80 Å². The molecule has 3 aromatic carbocycles. The van der Waals surface area contributed by atoms with Crippen LogP contribution in [-0.2, 0) is 11.2 Å². The molecule has 1 saturated heterocycles. The molecule has 0 bridgehead atoms. The van der Waals surface area contributed by atoms with Gasteiger partial charge in [-0.05, 0) is 66.9 Å². The minimum atomic E-state index is -0.410. The number of carbonyl (C=O) groups excluding carboxylic acids is 1. The van der Waals surface area contributed by atoms with E-state index >= 15 is 0 Å². The minimum Gasteiger partial charge on any atom is -0.368 e. The number of amides is 1. The van der Waals surface area contributed by atoms with Crippen molar-refractivity contribution < 1.29 is 4.79 Å². The molecule has 1 atom stereocenters. The summed E-state index contributed by atoms with van der Waals surface area (Å²) in [6, 6.07) is 24.0. The molecule has 1 fully saturated rings. The second-order valence-electron chi connectivity index (χ2n) is 9.10. The number of carbonyl (C=O) groups is 1. The van der Waals surface area contributed by atoms with Gasteiger partial charge >= 0.3 is 0 Å². The first-order valence-corrected chi connectivity index (χ1v) is 12.2. The number of aryl methyl sites for hydroxylation is 2. The van der Waals surface area contributed by atoms with Crippen molar-refractivity contribution in [3.8, 4) is 0 Å². The first-order chi connectivity index (χ1) is 16.5. The van der Waals surface area contributed by atoms with Gasteiger partial charge in [0.25, 0.3) is 5.91 Å². The van der Waals surface area contributed by atoms with E-state index in [9.17, 15) is 4.79 Å². The Balaban J connectivity index is 1.41. The van der Waals surface area contributed by atoms with Crippen molar-refractivity contribution >= 4 is 34.8 Å². The molecule has 34 heavy (non-hydrogen) atoms. The van der Waals surface area contributed by atoms with E-state index in [1.165, 1.54) is 5.69 Å². The smallest absolute Gasteiger partial charge is 0.259 e. The normalized spacial score (nSPS) is 18.4. The molecule has 0 aromatic heterocycles. The van der Waals surface area contributed by atoms with Crippen LogP contribution in [0.1, 0.15) is 16.7 Å². The van der Waals surface area contributed by atoms with Gasteiger partial charge in [-0.3, -0.25) is 4.79 Å². The van der Waals surface area contributed by atoms with E-state index in [4.69, 9.17) is 16.6 Å².